The second-order valence-electron chi connectivity index (χ2n) is 4.51. The first-order valence-electron chi connectivity index (χ1n) is 6.42. The molecule has 2 heterocycles. The summed E-state index contributed by atoms with van der Waals surface area (Å²) in [5, 5.41) is 11.1. The molecule has 0 saturated carbocycles. The molecule has 0 aromatic carbocycles. The first kappa shape index (κ1) is 14.0. The summed E-state index contributed by atoms with van der Waals surface area (Å²) in [4.78, 5) is 9.83. The molecular weight excluding hydrogens is 258 g/mol. The molecule has 0 aliphatic rings. The predicted molar refractivity (Wildman–Crippen MR) is 78.5 cm³/mol. The fourth-order valence-electron chi connectivity index (χ4n) is 1.99. The Morgan fingerprint density at radius 1 is 1.37 bits per heavy atom. The number of nitrogen functional groups attached to an aromatic ring is 1. The van der Waals surface area contributed by atoms with Gasteiger partial charge in [0.2, 0.25) is 0 Å². The maximum Gasteiger partial charge on any atom is 0.130 e. The van der Waals surface area contributed by atoms with Gasteiger partial charge in [0.1, 0.15) is 11.6 Å². The fourth-order valence-corrected chi connectivity index (χ4v) is 3.05. The van der Waals surface area contributed by atoms with Gasteiger partial charge in [-0.25, -0.2) is 9.97 Å². The van der Waals surface area contributed by atoms with E-state index in [9.17, 15) is 0 Å². The molecule has 0 amide bonds. The van der Waals surface area contributed by atoms with Crippen LogP contribution in [-0.4, -0.2) is 21.7 Å². The molecule has 2 aromatic rings. The number of rotatable bonds is 5. The molecule has 2 rings (SSSR count). The number of nitrogens with two attached hydrogens (primary N) is 1. The molecule has 102 valence electrons. The molecule has 0 fully saturated rings. The summed E-state index contributed by atoms with van der Waals surface area (Å²) >= 11 is 1.69. The van der Waals surface area contributed by atoms with Crippen LogP contribution in [0.4, 0.5) is 5.82 Å². The van der Waals surface area contributed by atoms with Gasteiger partial charge in [-0.3, -0.25) is 0 Å². The van der Waals surface area contributed by atoms with E-state index in [1.165, 1.54) is 16.0 Å². The first-order chi connectivity index (χ1) is 9.15. The van der Waals surface area contributed by atoms with E-state index in [1.807, 2.05) is 13.1 Å². The molecule has 2 aromatic heterocycles. The largest absolute Gasteiger partial charge is 0.396 e. The Morgan fingerprint density at radius 3 is 2.79 bits per heavy atom. The number of aliphatic hydroxyl groups excluding tert-OH is 1. The Hall–Kier alpha value is -1.46. The minimum absolute atomic E-state index is 0.192. The van der Waals surface area contributed by atoms with Crippen LogP contribution in [0.1, 0.15) is 34.3 Å². The fraction of sp³-hybridized carbons (Fsp3) is 0.429. The normalized spacial score (nSPS) is 10.9. The van der Waals surface area contributed by atoms with Crippen LogP contribution in [0.15, 0.2) is 11.6 Å². The van der Waals surface area contributed by atoms with E-state index >= 15 is 0 Å². The number of aromatic nitrogens is 2. The van der Waals surface area contributed by atoms with Gasteiger partial charge in [-0.05, 0) is 23.4 Å². The second kappa shape index (κ2) is 6.12. The molecule has 5 heteroatoms. The van der Waals surface area contributed by atoms with E-state index in [2.05, 4.69) is 22.3 Å². The third kappa shape index (κ3) is 3.11. The Labute approximate surface area is 117 Å². The van der Waals surface area contributed by atoms with E-state index in [1.54, 1.807) is 11.3 Å². The van der Waals surface area contributed by atoms with Crippen molar-refractivity contribution in [1.82, 2.24) is 9.97 Å². The van der Waals surface area contributed by atoms with Crippen LogP contribution in [-0.2, 0) is 19.3 Å². The summed E-state index contributed by atoms with van der Waals surface area (Å²) in [7, 11) is 0. The average molecular weight is 277 g/mol. The van der Waals surface area contributed by atoms with Crippen LogP contribution >= 0.6 is 11.3 Å². The third-order valence-electron chi connectivity index (χ3n) is 3.23. The van der Waals surface area contributed by atoms with Gasteiger partial charge < -0.3 is 10.8 Å². The number of aryl methyl sites for hydroxylation is 1. The monoisotopic (exact) mass is 277 g/mol. The highest BCUT2D eigenvalue weighted by molar-refractivity contribution is 7.10. The lowest BCUT2D eigenvalue weighted by Crippen LogP contribution is -2.04. The summed E-state index contributed by atoms with van der Waals surface area (Å²) in [6.07, 6.45) is 4.09. The van der Waals surface area contributed by atoms with Gasteiger partial charge in [0.05, 0.1) is 0 Å². The number of hydrogen-bond donors (Lipinski definition) is 2. The molecule has 0 atom stereocenters. The minimum atomic E-state index is 0.192. The first-order valence-corrected chi connectivity index (χ1v) is 7.30. The van der Waals surface area contributed by atoms with Crippen molar-refractivity contribution in [2.45, 2.75) is 33.1 Å². The van der Waals surface area contributed by atoms with Crippen LogP contribution < -0.4 is 5.73 Å². The minimum Gasteiger partial charge on any atom is -0.396 e. The van der Waals surface area contributed by atoms with Gasteiger partial charge in [0, 0.05) is 42.5 Å². The highest BCUT2D eigenvalue weighted by atomic mass is 32.1. The number of thiophene rings is 1. The van der Waals surface area contributed by atoms with Crippen molar-refractivity contribution in [1.29, 1.82) is 0 Å². The zero-order valence-corrected chi connectivity index (χ0v) is 12.1. The Morgan fingerprint density at radius 2 is 2.16 bits per heavy atom. The molecular formula is C14H19N3OS. The highest BCUT2D eigenvalue weighted by Crippen LogP contribution is 2.25. The zero-order valence-electron chi connectivity index (χ0n) is 11.3. The molecule has 0 unspecified atom stereocenters. The van der Waals surface area contributed by atoms with Gasteiger partial charge in [0.15, 0.2) is 0 Å². The quantitative estimate of drug-likeness (QED) is 0.878. The van der Waals surface area contributed by atoms with Crippen LogP contribution in [0.5, 0.6) is 0 Å². The molecule has 0 radical (unpaired) electrons. The SMILES string of the molecule is CCc1ncc(Cc2csc(CCO)c2C)c(N)n1. The van der Waals surface area contributed by atoms with Crippen molar-refractivity contribution in [3.05, 3.63) is 39.0 Å². The van der Waals surface area contributed by atoms with Crippen LogP contribution in [0.3, 0.4) is 0 Å². The molecule has 0 saturated heterocycles. The lowest BCUT2D eigenvalue weighted by atomic mass is 10.0. The summed E-state index contributed by atoms with van der Waals surface area (Å²) in [5.41, 5.74) is 9.43. The molecule has 19 heavy (non-hydrogen) atoms. The number of anilines is 1. The van der Waals surface area contributed by atoms with E-state index < -0.39 is 0 Å². The molecule has 4 nitrogen and oxygen atoms in total. The standard InChI is InChI=1S/C14H19N3OS/c1-3-13-16-7-10(14(15)17-13)6-11-8-19-12(4-5-18)9(11)2/h7-8,18H,3-6H2,1-2H3,(H2,15,16,17). The Balaban J connectivity index is 2.21. The molecule has 0 aliphatic carbocycles. The van der Waals surface area contributed by atoms with Crippen molar-refractivity contribution < 1.29 is 5.11 Å². The zero-order chi connectivity index (χ0) is 13.8. The van der Waals surface area contributed by atoms with Gasteiger partial charge in [0.25, 0.3) is 0 Å². The summed E-state index contributed by atoms with van der Waals surface area (Å²) in [6, 6.07) is 0. The van der Waals surface area contributed by atoms with Crippen LogP contribution in [0.25, 0.3) is 0 Å². The van der Waals surface area contributed by atoms with Crippen LogP contribution in [0, 0.1) is 6.92 Å². The maximum atomic E-state index is 9.01. The van der Waals surface area contributed by atoms with Gasteiger partial charge in [-0.1, -0.05) is 6.92 Å². The number of aliphatic hydroxyl groups is 1. The number of nitrogens with zero attached hydrogens (tertiary/aromatic N) is 2. The lowest BCUT2D eigenvalue weighted by molar-refractivity contribution is 0.300. The van der Waals surface area contributed by atoms with E-state index in [4.69, 9.17) is 10.8 Å². The third-order valence-corrected chi connectivity index (χ3v) is 4.42. The highest BCUT2D eigenvalue weighted by Gasteiger charge is 2.10. The van der Waals surface area contributed by atoms with E-state index in [-0.39, 0.29) is 6.61 Å². The van der Waals surface area contributed by atoms with Crippen LogP contribution in [0.2, 0.25) is 0 Å². The van der Waals surface area contributed by atoms with E-state index in [0.717, 1.165) is 30.7 Å². The predicted octanol–water partition coefficient (Wildman–Crippen LogP) is 2.12. The second-order valence-corrected chi connectivity index (χ2v) is 5.47. The lowest BCUT2D eigenvalue weighted by Gasteiger charge is -2.06. The van der Waals surface area contributed by atoms with Crippen molar-refractivity contribution >= 4 is 17.2 Å². The van der Waals surface area contributed by atoms with Gasteiger partial charge in [-0.15, -0.1) is 11.3 Å². The van der Waals surface area contributed by atoms with Crippen molar-refractivity contribution in [3.63, 3.8) is 0 Å². The summed E-state index contributed by atoms with van der Waals surface area (Å²) < 4.78 is 0. The number of hydrogen-bond acceptors (Lipinski definition) is 5. The van der Waals surface area contributed by atoms with Gasteiger partial charge >= 0.3 is 0 Å². The Bertz CT molecular complexity index is 566. The maximum absolute atomic E-state index is 9.01. The topological polar surface area (TPSA) is 72.0 Å². The van der Waals surface area contributed by atoms with Crippen molar-refractivity contribution in [2.75, 3.05) is 12.3 Å². The summed E-state index contributed by atoms with van der Waals surface area (Å²) in [6.45, 7) is 4.30. The average Bonchev–Trinajstić information content (AvgIpc) is 2.74. The molecule has 3 N–H and O–H groups in total. The van der Waals surface area contributed by atoms with Gasteiger partial charge in [-0.2, -0.15) is 0 Å². The molecule has 0 aliphatic heterocycles. The smallest absolute Gasteiger partial charge is 0.130 e. The Kier molecular flexibility index (Phi) is 4.50. The van der Waals surface area contributed by atoms with Crippen molar-refractivity contribution in [3.8, 4) is 0 Å². The van der Waals surface area contributed by atoms with Crippen molar-refractivity contribution in [2.24, 2.45) is 0 Å². The molecule has 0 bridgehead atoms. The van der Waals surface area contributed by atoms with E-state index in [0.29, 0.717) is 5.82 Å². The summed E-state index contributed by atoms with van der Waals surface area (Å²) in [5.74, 6) is 1.35. The molecule has 0 spiro atoms.